The lowest BCUT2D eigenvalue weighted by Gasteiger charge is -2.36. The topological polar surface area (TPSA) is 43.9 Å². The van der Waals surface area contributed by atoms with Crippen LogP contribution in [0.25, 0.3) is 5.57 Å². The molecule has 0 spiro atoms. The quantitative estimate of drug-likeness (QED) is 0.342. The molecule has 5 nitrogen and oxygen atoms in total. The van der Waals surface area contributed by atoms with Crippen LogP contribution in [0.2, 0.25) is 0 Å². The van der Waals surface area contributed by atoms with Gasteiger partial charge in [-0.2, -0.15) is 0 Å². The first-order valence-electron chi connectivity index (χ1n) is 12.6. The maximum Gasteiger partial charge on any atom is 0.277 e. The molecule has 1 saturated heterocycles. The van der Waals surface area contributed by atoms with Crippen LogP contribution in [0.1, 0.15) is 76.7 Å². The highest BCUT2D eigenvalue weighted by atomic mass is 16.2. The van der Waals surface area contributed by atoms with Crippen molar-refractivity contribution < 1.29 is 9.59 Å². The van der Waals surface area contributed by atoms with E-state index in [4.69, 9.17) is 0 Å². The van der Waals surface area contributed by atoms with E-state index >= 15 is 0 Å². The average molecular weight is 440 g/mol. The van der Waals surface area contributed by atoms with E-state index in [1.54, 1.807) is 0 Å². The molecule has 2 heterocycles. The van der Waals surface area contributed by atoms with Gasteiger partial charge >= 0.3 is 0 Å². The molecule has 0 unspecified atom stereocenters. The van der Waals surface area contributed by atoms with Crippen molar-refractivity contribution in [3.63, 3.8) is 0 Å². The summed E-state index contributed by atoms with van der Waals surface area (Å²) in [5, 5.41) is 0. The Balaban J connectivity index is 1.67. The van der Waals surface area contributed by atoms with Crippen LogP contribution in [0.4, 0.5) is 0 Å². The molecule has 1 aromatic rings. The Bertz CT molecular complexity index is 781. The van der Waals surface area contributed by atoms with E-state index in [0.717, 1.165) is 44.3 Å². The number of hydrogen-bond acceptors (Lipinski definition) is 4. The number of rotatable bonds is 12. The van der Waals surface area contributed by atoms with E-state index in [9.17, 15) is 9.59 Å². The van der Waals surface area contributed by atoms with Crippen molar-refractivity contribution in [3.05, 3.63) is 41.6 Å². The lowest BCUT2D eigenvalue weighted by atomic mass is 10.0. The lowest BCUT2D eigenvalue weighted by molar-refractivity contribution is -0.137. The maximum absolute atomic E-state index is 13.5. The normalized spacial score (nSPS) is 18.2. The van der Waals surface area contributed by atoms with Crippen LogP contribution in [0.3, 0.4) is 0 Å². The largest absolute Gasteiger partial charge is 0.366 e. The van der Waals surface area contributed by atoms with Crippen molar-refractivity contribution in [1.29, 1.82) is 0 Å². The fourth-order valence-electron chi connectivity index (χ4n) is 4.93. The van der Waals surface area contributed by atoms with Gasteiger partial charge in [0.25, 0.3) is 11.8 Å². The van der Waals surface area contributed by atoms with Gasteiger partial charge in [-0.25, -0.2) is 0 Å². The lowest BCUT2D eigenvalue weighted by Crippen LogP contribution is -2.43. The maximum atomic E-state index is 13.5. The molecule has 2 aliphatic rings. The number of carbonyl (C=O) groups is 2. The van der Waals surface area contributed by atoms with Gasteiger partial charge in [-0.05, 0) is 45.0 Å². The van der Waals surface area contributed by atoms with Gasteiger partial charge in [0.15, 0.2) is 0 Å². The van der Waals surface area contributed by atoms with Gasteiger partial charge < -0.3 is 9.80 Å². The van der Waals surface area contributed by atoms with Crippen LogP contribution in [-0.2, 0) is 9.59 Å². The fourth-order valence-corrected chi connectivity index (χ4v) is 4.93. The molecule has 0 bridgehead atoms. The van der Waals surface area contributed by atoms with Gasteiger partial charge in [0.2, 0.25) is 0 Å². The third-order valence-corrected chi connectivity index (χ3v) is 7.03. The van der Waals surface area contributed by atoms with Crippen molar-refractivity contribution >= 4 is 17.4 Å². The summed E-state index contributed by atoms with van der Waals surface area (Å²) in [6.07, 6.45) is 11.6. The Labute approximate surface area is 194 Å². The number of benzene rings is 1. The van der Waals surface area contributed by atoms with E-state index in [2.05, 4.69) is 23.8 Å². The molecule has 0 saturated carbocycles. The number of hydrogen-bond donors (Lipinski definition) is 0. The van der Waals surface area contributed by atoms with Gasteiger partial charge in [0.1, 0.15) is 5.70 Å². The van der Waals surface area contributed by atoms with Gasteiger partial charge in [-0.3, -0.25) is 14.5 Å². The van der Waals surface area contributed by atoms with E-state index in [0.29, 0.717) is 23.9 Å². The summed E-state index contributed by atoms with van der Waals surface area (Å²) < 4.78 is 0. The zero-order valence-corrected chi connectivity index (χ0v) is 20.3. The van der Waals surface area contributed by atoms with Crippen molar-refractivity contribution in [2.45, 2.75) is 77.2 Å². The minimum Gasteiger partial charge on any atom is -0.366 e. The predicted molar refractivity (Wildman–Crippen MR) is 131 cm³/mol. The fraction of sp³-hybridized carbons (Fsp3) is 0.630. The first kappa shape index (κ1) is 24.5. The van der Waals surface area contributed by atoms with Crippen LogP contribution in [0.5, 0.6) is 0 Å². The predicted octanol–water partition coefficient (Wildman–Crippen LogP) is 4.93. The highest BCUT2D eigenvalue weighted by molar-refractivity contribution is 6.35. The van der Waals surface area contributed by atoms with Crippen LogP contribution in [-0.4, -0.2) is 66.3 Å². The summed E-state index contributed by atoms with van der Waals surface area (Å²) in [4.78, 5) is 32.8. The summed E-state index contributed by atoms with van der Waals surface area (Å²) in [7, 11) is 4.14. The van der Waals surface area contributed by atoms with Crippen molar-refractivity contribution in [2.24, 2.45) is 0 Å². The number of likely N-dealkylation sites (tertiary alicyclic amines) is 1. The Morgan fingerprint density at radius 3 is 2.09 bits per heavy atom. The minimum absolute atomic E-state index is 0.113. The van der Waals surface area contributed by atoms with Crippen LogP contribution >= 0.6 is 0 Å². The molecule has 0 radical (unpaired) electrons. The van der Waals surface area contributed by atoms with Gasteiger partial charge in [-0.15, -0.1) is 0 Å². The summed E-state index contributed by atoms with van der Waals surface area (Å²) >= 11 is 0. The Morgan fingerprint density at radius 1 is 0.875 bits per heavy atom. The van der Waals surface area contributed by atoms with Crippen molar-refractivity contribution in [2.75, 3.05) is 33.7 Å². The molecule has 0 aliphatic carbocycles. The number of nitrogens with zero attached hydrogens (tertiary/aromatic N) is 3. The Hall–Kier alpha value is -2.14. The average Bonchev–Trinajstić information content (AvgIpc) is 3.06. The number of amides is 2. The molecule has 5 heteroatoms. The molecule has 0 aromatic heterocycles. The zero-order chi connectivity index (χ0) is 22.9. The Kier molecular flexibility index (Phi) is 9.34. The smallest absolute Gasteiger partial charge is 0.277 e. The monoisotopic (exact) mass is 439 g/mol. The number of imide groups is 1. The molecule has 2 aliphatic heterocycles. The van der Waals surface area contributed by atoms with E-state index in [1.165, 1.54) is 43.4 Å². The molecule has 3 rings (SSSR count). The van der Waals surface area contributed by atoms with Crippen LogP contribution in [0, 0.1) is 0 Å². The van der Waals surface area contributed by atoms with Gasteiger partial charge in [-0.1, -0.05) is 82.2 Å². The second kappa shape index (κ2) is 12.2. The third-order valence-electron chi connectivity index (χ3n) is 7.03. The Morgan fingerprint density at radius 2 is 1.47 bits per heavy atom. The molecular formula is C27H41N3O2. The molecule has 0 atom stereocenters. The minimum atomic E-state index is -0.126. The SMILES string of the molecule is CCCCCCCCCCN1C(=O)C(c2ccccc2)=C(N(C)C2CCN(C)CC2)C1=O. The molecule has 1 aromatic carbocycles. The second-order valence-corrected chi connectivity index (χ2v) is 9.47. The van der Waals surface area contributed by atoms with E-state index < -0.39 is 0 Å². The van der Waals surface area contributed by atoms with Gasteiger partial charge in [0.05, 0.1) is 5.57 Å². The molecule has 176 valence electrons. The van der Waals surface area contributed by atoms with Gasteiger partial charge in [0, 0.05) is 19.6 Å². The standard InChI is InChI=1S/C27H41N3O2/c1-4-5-6-7-8-9-10-14-19-30-26(31)24(22-15-12-11-13-16-22)25(27(30)32)29(3)23-17-20-28(2)21-18-23/h11-13,15-16,23H,4-10,14,17-21H2,1-3H3. The zero-order valence-electron chi connectivity index (χ0n) is 20.3. The summed E-state index contributed by atoms with van der Waals surface area (Å²) in [6, 6.07) is 10.0. The van der Waals surface area contributed by atoms with E-state index in [-0.39, 0.29) is 11.8 Å². The number of piperidine rings is 1. The summed E-state index contributed by atoms with van der Waals surface area (Å²) in [5.74, 6) is -0.239. The van der Waals surface area contributed by atoms with Crippen molar-refractivity contribution in [1.82, 2.24) is 14.7 Å². The number of likely N-dealkylation sites (N-methyl/N-ethyl adjacent to an activating group) is 1. The first-order valence-corrected chi connectivity index (χ1v) is 12.6. The highest BCUT2D eigenvalue weighted by Crippen LogP contribution is 2.33. The van der Waals surface area contributed by atoms with E-state index in [1.807, 2.05) is 37.4 Å². The highest BCUT2D eigenvalue weighted by Gasteiger charge is 2.42. The molecule has 1 fully saturated rings. The number of unbranched alkanes of at least 4 members (excludes halogenated alkanes) is 7. The molecule has 0 N–H and O–H groups in total. The summed E-state index contributed by atoms with van der Waals surface area (Å²) in [6.45, 7) is 4.80. The third kappa shape index (κ3) is 6.00. The van der Waals surface area contributed by atoms with Crippen LogP contribution < -0.4 is 0 Å². The summed E-state index contributed by atoms with van der Waals surface area (Å²) in [5.41, 5.74) is 2.02. The second-order valence-electron chi connectivity index (χ2n) is 9.47. The molecular weight excluding hydrogens is 398 g/mol. The first-order chi connectivity index (χ1) is 15.5. The van der Waals surface area contributed by atoms with Crippen LogP contribution in [0.15, 0.2) is 36.0 Å². The number of carbonyl (C=O) groups excluding carboxylic acids is 2. The molecule has 2 amide bonds. The molecule has 32 heavy (non-hydrogen) atoms. The van der Waals surface area contributed by atoms with Crippen molar-refractivity contribution in [3.8, 4) is 0 Å².